The van der Waals surface area contributed by atoms with Gasteiger partial charge in [-0.15, -0.1) is 0 Å². The lowest BCUT2D eigenvalue weighted by Gasteiger charge is -2.10. The van der Waals surface area contributed by atoms with Crippen LogP contribution in [0.1, 0.15) is 36.8 Å². The van der Waals surface area contributed by atoms with Gasteiger partial charge >= 0.3 is 0 Å². The van der Waals surface area contributed by atoms with E-state index >= 15 is 0 Å². The Morgan fingerprint density at radius 1 is 1.26 bits per heavy atom. The molecule has 0 bridgehead atoms. The Kier molecular flexibility index (Phi) is 4.06. The average Bonchev–Trinajstić information content (AvgIpc) is 2.41. The highest BCUT2D eigenvalue weighted by Gasteiger charge is 2.09. The molecule has 3 N–H and O–H groups in total. The van der Waals surface area contributed by atoms with Crippen LogP contribution in [0.2, 0.25) is 0 Å². The maximum atomic E-state index is 13.6. The molecule has 0 radical (unpaired) electrons. The number of benzene rings is 1. The Labute approximate surface area is 111 Å². The number of nitrogens with two attached hydrogens (primary N) is 1. The van der Waals surface area contributed by atoms with E-state index in [0.717, 1.165) is 5.69 Å². The van der Waals surface area contributed by atoms with Crippen molar-refractivity contribution in [2.24, 2.45) is 5.84 Å². The van der Waals surface area contributed by atoms with Crippen LogP contribution in [0.5, 0.6) is 0 Å². The summed E-state index contributed by atoms with van der Waals surface area (Å²) in [4.78, 5) is 8.70. The minimum Gasteiger partial charge on any atom is -0.308 e. The summed E-state index contributed by atoms with van der Waals surface area (Å²) in [5, 5.41) is 0. The second kappa shape index (κ2) is 5.75. The molecule has 2 aromatic rings. The predicted octanol–water partition coefficient (Wildman–Crippen LogP) is 2.62. The van der Waals surface area contributed by atoms with Crippen molar-refractivity contribution in [3.8, 4) is 0 Å². The van der Waals surface area contributed by atoms with Crippen molar-refractivity contribution in [1.82, 2.24) is 9.97 Å². The van der Waals surface area contributed by atoms with E-state index < -0.39 is 0 Å². The highest BCUT2D eigenvalue weighted by Crippen LogP contribution is 2.17. The van der Waals surface area contributed by atoms with Crippen LogP contribution in [0.15, 0.2) is 30.3 Å². The summed E-state index contributed by atoms with van der Waals surface area (Å²) in [6.07, 6.45) is 0.349. The van der Waals surface area contributed by atoms with E-state index in [0.29, 0.717) is 23.6 Å². The van der Waals surface area contributed by atoms with Crippen LogP contribution in [0.25, 0.3) is 0 Å². The van der Waals surface area contributed by atoms with Gasteiger partial charge < -0.3 is 5.43 Å². The topological polar surface area (TPSA) is 63.8 Å². The summed E-state index contributed by atoms with van der Waals surface area (Å²) in [6.45, 7) is 4.07. The van der Waals surface area contributed by atoms with Crippen molar-refractivity contribution in [2.45, 2.75) is 26.2 Å². The van der Waals surface area contributed by atoms with E-state index in [1.807, 2.05) is 13.8 Å². The molecule has 2 rings (SSSR count). The lowest BCUT2D eigenvalue weighted by molar-refractivity contribution is 0.611. The van der Waals surface area contributed by atoms with Crippen molar-refractivity contribution in [3.63, 3.8) is 0 Å². The van der Waals surface area contributed by atoms with Gasteiger partial charge in [0.25, 0.3) is 0 Å². The fourth-order valence-corrected chi connectivity index (χ4v) is 1.78. The molecule has 0 unspecified atom stereocenters. The summed E-state index contributed by atoms with van der Waals surface area (Å²) >= 11 is 0. The number of nitrogens with one attached hydrogen (secondary N) is 1. The Balaban J connectivity index is 2.34. The number of hydrazine groups is 1. The van der Waals surface area contributed by atoms with Crippen LogP contribution in [-0.4, -0.2) is 9.97 Å². The summed E-state index contributed by atoms with van der Waals surface area (Å²) in [5.74, 6) is 6.51. The maximum Gasteiger partial charge on any atom is 0.143 e. The number of nitrogens with zero attached hydrogens (tertiary/aromatic N) is 2. The smallest absolute Gasteiger partial charge is 0.143 e. The van der Waals surface area contributed by atoms with Crippen LogP contribution in [-0.2, 0) is 6.42 Å². The molecule has 0 aliphatic rings. The van der Waals surface area contributed by atoms with E-state index in [1.165, 1.54) is 6.07 Å². The molecule has 19 heavy (non-hydrogen) atoms. The first-order valence-electron chi connectivity index (χ1n) is 6.18. The molecule has 0 spiro atoms. The molecule has 4 nitrogen and oxygen atoms in total. The first-order valence-corrected chi connectivity index (χ1v) is 6.18. The maximum absolute atomic E-state index is 13.6. The molecule has 0 aliphatic carbocycles. The zero-order valence-electron chi connectivity index (χ0n) is 11.0. The van der Waals surface area contributed by atoms with Gasteiger partial charge in [0.1, 0.15) is 17.5 Å². The highest BCUT2D eigenvalue weighted by atomic mass is 19.1. The molecule has 0 atom stereocenters. The minimum atomic E-state index is -0.247. The van der Waals surface area contributed by atoms with Crippen molar-refractivity contribution < 1.29 is 4.39 Å². The van der Waals surface area contributed by atoms with Crippen LogP contribution in [0, 0.1) is 5.82 Å². The molecule has 0 saturated heterocycles. The molecule has 0 amide bonds. The molecular formula is C14H17FN4. The van der Waals surface area contributed by atoms with Crippen LogP contribution in [0.4, 0.5) is 10.2 Å². The molecule has 5 heteroatoms. The van der Waals surface area contributed by atoms with E-state index in [2.05, 4.69) is 15.4 Å². The Bertz CT molecular complexity index is 569. The van der Waals surface area contributed by atoms with Gasteiger partial charge in [-0.05, 0) is 17.5 Å². The predicted molar refractivity (Wildman–Crippen MR) is 73.1 cm³/mol. The number of aromatic nitrogens is 2. The third-order valence-corrected chi connectivity index (χ3v) is 2.84. The summed E-state index contributed by atoms with van der Waals surface area (Å²) < 4.78 is 13.6. The van der Waals surface area contributed by atoms with E-state index in [-0.39, 0.29) is 11.7 Å². The lowest BCUT2D eigenvalue weighted by Crippen LogP contribution is -2.12. The number of anilines is 1. The van der Waals surface area contributed by atoms with E-state index in [4.69, 9.17) is 5.84 Å². The van der Waals surface area contributed by atoms with Crippen LogP contribution in [0.3, 0.4) is 0 Å². The van der Waals surface area contributed by atoms with Gasteiger partial charge in [0.05, 0.1) is 0 Å². The van der Waals surface area contributed by atoms with Gasteiger partial charge in [-0.3, -0.25) is 0 Å². The number of rotatable bonds is 4. The summed E-state index contributed by atoms with van der Waals surface area (Å²) in [6, 6.07) is 8.43. The Hall–Kier alpha value is -2.01. The fraction of sp³-hybridized carbons (Fsp3) is 0.286. The molecule has 1 aromatic carbocycles. The molecule has 0 aliphatic heterocycles. The summed E-state index contributed by atoms with van der Waals surface area (Å²) in [5.41, 5.74) is 3.98. The van der Waals surface area contributed by atoms with Gasteiger partial charge in [-0.1, -0.05) is 32.0 Å². The Morgan fingerprint density at radius 3 is 2.63 bits per heavy atom. The third kappa shape index (κ3) is 3.26. The minimum absolute atomic E-state index is 0.247. The van der Waals surface area contributed by atoms with Gasteiger partial charge in [0, 0.05) is 18.2 Å². The number of halogens is 1. The van der Waals surface area contributed by atoms with Crippen molar-refractivity contribution >= 4 is 5.82 Å². The van der Waals surface area contributed by atoms with E-state index in [1.54, 1.807) is 24.3 Å². The quantitative estimate of drug-likeness (QED) is 0.655. The standard InChI is InChI=1S/C14H17FN4/c1-9(2)12-8-14(19-16)18-13(17-12)7-10-5-3-4-6-11(10)15/h3-6,8-9H,7,16H2,1-2H3,(H,17,18,19). The van der Waals surface area contributed by atoms with E-state index in [9.17, 15) is 4.39 Å². The van der Waals surface area contributed by atoms with Crippen LogP contribution < -0.4 is 11.3 Å². The molecular weight excluding hydrogens is 243 g/mol. The number of hydrogen-bond donors (Lipinski definition) is 2. The van der Waals surface area contributed by atoms with Gasteiger partial charge in [0.15, 0.2) is 0 Å². The normalized spacial score (nSPS) is 10.8. The molecule has 0 saturated carbocycles. The van der Waals surface area contributed by atoms with Gasteiger partial charge in [-0.25, -0.2) is 20.2 Å². The van der Waals surface area contributed by atoms with Gasteiger partial charge in [-0.2, -0.15) is 0 Å². The zero-order chi connectivity index (χ0) is 13.8. The lowest BCUT2D eigenvalue weighted by atomic mass is 10.1. The Morgan fingerprint density at radius 2 is 2.00 bits per heavy atom. The molecule has 1 heterocycles. The van der Waals surface area contributed by atoms with Crippen molar-refractivity contribution in [3.05, 3.63) is 53.2 Å². The summed E-state index contributed by atoms with van der Waals surface area (Å²) in [7, 11) is 0. The molecule has 100 valence electrons. The molecule has 1 aromatic heterocycles. The first kappa shape index (κ1) is 13.4. The first-order chi connectivity index (χ1) is 9.10. The monoisotopic (exact) mass is 260 g/mol. The zero-order valence-corrected chi connectivity index (χ0v) is 11.0. The second-order valence-corrected chi connectivity index (χ2v) is 4.66. The number of nitrogen functional groups attached to an aromatic ring is 1. The van der Waals surface area contributed by atoms with Gasteiger partial charge in [0.2, 0.25) is 0 Å². The fourth-order valence-electron chi connectivity index (χ4n) is 1.78. The van der Waals surface area contributed by atoms with Crippen molar-refractivity contribution in [2.75, 3.05) is 5.43 Å². The third-order valence-electron chi connectivity index (χ3n) is 2.84. The largest absolute Gasteiger partial charge is 0.308 e. The SMILES string of the molecule is CC(C)c1cc(NN)nc(Cc2ccccc2F)n1. The second-order valence-electron chi connectivity index (χ2n) is 4.66. The van der Waals surface area contributed by atoms with Crippen molar-refractivity contribution in [1.29, 1.82) is 0 Å². The average molecular weight is 260 g/mol. The molecule has 0 fully saturated rings. The van der Waals surface area contributed by atoms with Crippen LogP contribution >= 0.6 is 0 Å². The highest BCUT2D eigenvalue weighted by molar-refractivity contribution is 5.36. The number of hydrogen-bond acceptors (Lipinski definition) is 4.